The average Bonchev–Trinajstić information content (AvgIpc) is 2.35. The molecule has 0 radical (unpaired) electrons. The van der Waals surface area contributed by atoms with Gasteiger partial charge < -0.3 is 10.4 Å². The number of rotatable bonds is 7. The highest BCUT2D eigenvalue weighted by molar-refractivity contribution is 5.09. The van der Waals surface area contributed by atoms with Crippen molar-refractivity contribution in [2.24, 2.45) is 5.41 Å². The third-order valence-electron chi connectivity index (χ3n) is 3.43. The molecule has 0 amide bonds. The molecule has 1 aromatic rings. The van der Waals surface area contributed by atoms with E-state index in [0.717, 1.165) is 24.9 Å². The van der Waals surface area contributed by atoms with Crippen LogP contribution in [0.2, 0.25) is 0 Å². The third-order valence-corrected chi connectivity index (χ3v) is 3.43. The Morgan fingerprint density at radius 2 is 2.06 bits per heavy atom. The summed E-state index contributed by atoms with van der Waals surface area (Å²) in [5, 5.41) is 12.7. The largest absolute Gasteiger partial charge is 0.396 e. The molecule has 0 bridgehead atoms. The van der Waals surface area contributed by atoms with Gasteiger partial charge in [0.15, 0.2) is 0 Å². The molecule has 0 saturated heterocycles. The Bertz CT molecular complexity index is 332. The van der Waals surface area contributed by atoms with E-state index in [-0.39, 0.29) is 17.8 Å². The Morgan fingerprint density at radius 3 is 2.59 bits per heavy atom. The van der Waals surface area contributed by atoms with Crippen LogP contribution >= 0.6 is 0 Å². The molecule has 0 aliphatic rings. The summed E-state index contributed by atoms with van der Waals surface area (Å²) in [7, 11) is 0. The molecule has 0 unspecified atom stereocenters. The van der Waals surface area contributed by atoms with Gasteiger partial charge in [-0.05, 0) is 24.5 Å². The van der Waals surface area contributed by atoms with E-state index in [2.05, 4.69) is 24.1 Å². The van der Waals surface area contributed by atoms with E-state index in [9.17, 15) is 9.50 Å². The lowest BCUT2D eigenvalue weighted by Crippen LogP contribution is -2.36. The SMILES string of the molecule is CCC(CC)(CO)CNCc1cncc(F)c1. The number of nitrogens with one attached hydrogen (secondary N) is 1. The molecule has 3 nitrogen and oxygen atoms in total. The maximum atomic E-state index is 12.9. The molecule has 0 aliphatic carbocycles. The van der Waals surface area contributed by atoms with Gasteiger partial charge in [-0.25, -0.2) is 4.39 Å². The lowest BCUT2D eigenvalue weighted by Gasteiger charge is -2.29. The minimum absolute atomic E-state index is 0.0687. The van der Waals surface area contributed by atoms with E-state index in [0.29, 0.717) is 6.54 Å². The minimum Gasteiger partial charge on any atom is -0.396 e. The normalized spacial score (nSPS) is 11.8. The van der Waals surface area contributed by atoms with Crippen molar-refractivity contribution >= 4 is 0 Å². The first-order valence-electron chi connectivity index (χ1n) is 6.07. The lowest BCUT2D eigenvalue weighted by atomic mass is 9.83. The van der Waals surface area contributed by atoms with Crippen molar-refractivity contribution in [1.29, 1.82) is 0 Å². The fraction of sp³-hybridized carbons (Fsp3) is 0.615. The summed E-state index contributed by atoms with van der Waals surface area (Å²) in [4.78, 5) is 3.80. The summed E-state index contributed by atoms with van der Waals surface area (Å²) < 4.78 is 12.9. The molecule has 0 aromatic carbocycles. The molecular weight excluding hydrogens is 219 g/mol. The van der Waals surface area contributed by atoms with E-state index in [1.807, 2.05) is 0 Å². The molecule has 1 rings (SSSR count). The first kappa shape index (κ1) is 14.1. The molecule has 4 heteroatoms. The zero-order chi connectivity index (χ0) is 12.7. The quantitative estimate of drug-likeness (QED) is 0.767. The highest BCUT2D eigenvalue weighted by atomic mass is 19.1. The van der Waals surface area contributed by atoms with Crippen molar-refractivity contribution in [3.8, 4) is 0 Å². The van der Waals surface area contributed by atoms with E-state index < -0.39 is 0 Å². The Balaban J connectivity index is 2.46. The van der Waals surface area contributed by atoms with Gasteiger partial charge in [0.1, 0.15) is 5.82 Å². The summed E-state index contributed by atoms with van der Waals surface area (Å²) in [6.07, 6.45) is 4.69. The Labute approximate surface area is 102 Å². The van der Waals surface area contributed by atoms with Crippen LogP contribution in [0.25, 0.3) is 0 Å². The van der Waals surface area contributed by atoms with Gasteiger partial charge in [0.25, 0.3) is 0 Å². The van der Waals surface area contributed by atoms with Crippen LogP contribution in [0.15, 0.2) is 18.5 Å². The number of halogens is 1. The number of pyridine rings is 1. The smallest absolute Gasteiger partial charge is 0.141 e. The molecule has 0 spiro atoms. The van der Waals surface area contributed by atoms with Gasteiger partial charge in [-0.2, -0.15) is 0 Å². The zero-order valence-corrected chi connectivity index (χ0v) is 10.5. The highest BCUT2D eigenvalue weighted by Crippen LogP contribution is 2.24. The van der Waals surface area contributed by atoms with Gasteiger partial charge in [-0.15, -0.1) is 0 Å². The maximum absolute atomic E-state index is 12.9. The highest BCUT2D eigenvalue weighted by Gasteiger charge is 2.24. The van der Waals surface area contributed by atoms with Crippen LogP contribution in [0, 0.1) is 11.2 Å². The van der Waals surface area contributed by atoms with E-state index in [1.54, 1.807) is 6.20 Å². The second-order valence-electron chi connectivity index (χ2n) is 4.48. The molecule has 0 fully saturated rings. The van der Waals surface area contributed by atoms with Crippen LogP contribution in [-0.4, -0.2) is 23.2 Å². The number of hydrogen-bond donors (Lipinski definition) is 2. The molecule has 96 valence electrons. The first-order chi connectivity index (χ1) is 8.15. The fourth-order valence-corrected chi connectivity index (χ4v) is 1.80. The van der Waals surface area contributed by atoms with Gasteiger partial charge in [0, 0.05) is 31.3 Å². The molecule has 0 saturated carbocycles. The minimum atomic E-state index is -0.316. The number of aliphatic hydroxyl groups excluding tert-OH is 1. The molecule has 17 heavy (non-hydrogen) atoms. The van der Waals surface area contributed by atoms with Crippen LogP contribution in [0.4, 0.5) is 4.39 Å². The van der Waals surface area contributed by atoms with Crippen LogP contribution < -0.4 is 5.32 Å². The topological polar surface area (TPSA) is 45.1 Å². The van der Waals surface area contributed by atoms with Gasteiger partial charge in [-0.1, -0.05) is 13.8 Å². The molecular formula is C13H21FN2O. The van der Waals surface area contributed by atoms with Crippen molar-refractivity contribution in [1.82, 2.24) is 10.3 Å². The van der Waals surface area contributed by atoms with Crippen LogP contribution in [-0.2, 0) is 6.54 Å². The summed E-state index contributed by atoms with van der Waals surface area (Å²) >= 11 is 0. The number of nitrogens with zero attached hydrogens (tertiary/aromatic N) is 1. The molecule has 1 heterocycles. The predicted octanol–water partition coefficient (Wildman–Crippen LogP) is 2.11. The second-order valence-corrected chi connectivity index (χ2v) is 4.48. The van der Waals surface area contributed by atoms with Gasteiger partial charge >= 0.3 is 0 Å². The van der Waals surface area contributed by atoms with Crippen molar-refractivity contribution in [3.05, 3.63) is 29.8 Å². The van der Waals surface area contributed by atoms with Crippen LogP contribution in [0.3, 0.4) is 0 Å². The summed E-state index contributed by atoms with van der Waals surface area (Å²) in [5.74, 6) is -0.316. The average molecular weight is 240 g/mol. The van der Waals surface area contributed by atoms with Crippen molar-refractivity contribution in [2.45, 2.75) is 33.2 Å². The number of aromatic nitrogens is 1. The predicted molar refractivity (Wildman–Crippen MR) is 66.0 cm³/mol. The Kier molecular flexibility index (Phi) is 5.51. The van der Waals surface area contributed by atoms with Crippen molar-refractivity contribution < 1.29 is 9.50 Å². The zero-order valence-electron chi connectivity index (χ0n) is 10.5. The number of aliphatic hydroxyl groups is 1. The Hall–Kier alpha value is -1.00. The molecule has 2 N–H and O–H groups in total. The van der Waals surface area contributed by atoms with Gasteiger partial charge in [0.2, 0.25) is 0 Å². The molecule has 1 aromatic heterocycles. The first-order valence-corrected chi connectivity index (χ1v) is 6.07. The molecule has 0 atom stereocenters. The molecule has 0 aliphatic heterocycles. The van der Waals surface area contributed by atoms with Gasteiger partial charge in [0.05, 0.1) is 6.20 Å². The number of hydrogen-bond acceptors (Lipinski definition) is 3. The summed E-state index contributed by atoms with van der Waals surface area (Å²) in [6.45, 7) is 5.63. The van der Waals surface area contributed by atoms with E-state index in [4.69, 9.17) is 0 Å². The second kappa shape index (κ2) is 6.67. The fourth-order valence-electron chi connectivity index (χ4n) is 1.80. The monoisotopic (exact) mass is 240 g/mol. The Morgan fingerprint density at radius 1 is 1.35 bits per heavy atom. The van der Waals surface area contributed by atoms with Crippen LogP contribution in [0.5, 0.6) is 0 Å². The van der Waals surface area contributed by atoms with Crippen molar-refractivity contribution in [3.63, 3.8) is 0 Å². The van der Waals surface area contributed by atoms with Crippen LogP contribution in [0.1, 0.15) is 32.3 Å². The maximum Gasteiger partial charge on any atom is 0.141 e. The van der Waals surface area contributed by atoms with Crippen molar-refractivity contribution in [2.75, 3.05) is 13.2 Å². The van der Waals surface area contributed by atoms with E-state index in [1.165, 1.54) is 12.3 Å². The van der Waals surface area contributed by atoms with Gasteiger partial charge in [-0.3, -0.25) is 4.98 Å². The summed E-state index contributed by atoms with van der Waals surface area (Å²) in [5.41, 5.74) is 0.754. The van der Waals surface area contributed by atoms with E-state index >= 15 is 0 Å². The summed E-state index contributed by atoms with van der Waals surface area (Å²) in [6, 6.07) is 1.47. The lowest BCUT2D eigenvalue weighted by molar-refractivity contribution is 0.113. The third kappa shape index (κ3) is 4.06. The standard InChI is InChI=1S/C13H21FN2O/c1-3-13(4-2,10-17)9-16-7-11-5-12(14)8-15-6-11/h5-6,8,16-17H,3-4,7,9-10H2,1-2H3.